The van der Waals surface area contributed by atoms with E-state index in [9.17, 15) is 35.2 Å². The molecule has 1 amide bonds. The molecule has 0 aliphatic heterocycles. The summed E-state index contributed by atoms with van der Waals surface area (Å²) in [5, 5.41) is 8.78. The van der Waals surface area contributed by atoms with E-state index in [1.165, 1.54) is 18.2 Å². The normalized spacial score (nSPS) is 15.1. The number of nitrogens with one attached hydrogen (secondary N) is 1. The summed E-state index contributed by atoms with van der Waals surface area (Å²) in [6, 6.07) is 7.25. The molecule has 1 saturated carbocycles. The number of hydrogen-bond donors (Lipinski definition) is 1. The summed E-state index contributed by atoms with van der Waals surface area (Å²) in [7, 11) is -3.64. The van der Waals surface area contributed by atoms with Crippen molar-refractivity contribution in [3.05, 3.63) is 64.7 Å². The van der Waals surface area contributed by atoms with E-state index in [4.69, 9.17) is 4.74 Å². The molecule has 1 N–H and O–H groups in total. The lowest BCUT2D eigenvalue weighted by molar-refractivity contribution is -0.142. The van der Waals surface area contributed by atoms with Crippen molar-refractivity contribution in [1.82, 2.24) is 15.2 Å². The van der Waals surface area contributed by atoms with Crippen LogP contribution in [0.5, 0.6) is 11.8 Å². The van der Waals surface area contributed by atoms with Gasteiger partial charge in [0.05, 0.1) is 4.90 Å². The van der Waals surface area contributed by atoms with E-state index in [1.54, 1.807) is 0 Å². The second-order valence-electron chi connectivity index (χ2n) is 8.51. The zero-order valence-corrected chi connectivity index (χ0v) is 20.2. The van der Waals surface area contributed by atoms with Gasteiger partial charge < -0.3 is 10.1 Å². The molecule has 37 heavy (non-hydrogen) atoms. The highest BCUT2D eigenvalue weighted by molar-refractivity contribution is 7.90. The fourth-order valence-corrected chi connectivity index (χ4v) is 4.44. The molecule has 0 unspecified atom stereocenters. The molecule has 3 aromatic rings. The Hall–Kier alpha value is -3.68. The second kappa shape index (κ2) is 9.32. The molecule has 0 bridgehead atoms. The van der Waals surface area contributed by atoms with Gasteiger partial charge in [-0.1, -0.05) is 6.07 Å². The van der Waals surface area contributed by atoms with Crippen molar-refractivity contribution in [2.24, 2.45) is 0 Å². The highest BCUT2D eigenvalue weighted by atomic mass is 32.2. The number of amides is 1. The maximum Gasteiger partial charge on any atom is 0.435 e. The Balaban J connectivity index is 1.72. The molecular formula is C23H19F5N4O4S. The standard InChI is InChI=1S/C23H19F5N4O4S/c1-12-17(20(33)29-13-5-3-6-14(11-13)37(2,34)35)21(32-31-18(12)23(26,27)28)36-16-8-7-15(19(24)30-16)22(25)9-4-10-22/h3,5-8,11H,4,9-10H2,1-2H3,(H,29,33). The van der Waals surface area contributed by atoms with Gasteiger partial charge in [-0.15, -0.1) is 10.2 Å². The Morgan fingerprint density at radius 1 is 1.14 bits per heavy atom. The van der Waals surface area contributed by atoms with Crippen LogP contribution in [0.3, 0.4) is 0 Å². The van der Waals surface area contributed by atoms with Crippen molar-refractivity contribution < 1.29 is 39.9 Å². The molecule has 1 fully saturated rings. The highest BCUT2D eigenvalue weighted by Crippen LogP contribution is 2.46. The second-order valence-corrected chi connectivity index (χ2v) is 10.5. The lowest BCUT2D eigenvalue weighted by Gasteiger charge is -2.33. The SMILES string of the molecule is Cc1c(C(F)(F)F)nnc(Oc2ccc(C3(F)CCC3)c(F)n2)c1C(=O)Nc1cccc(S(C)(=O)=O)c1. The predicted molar refractivity (Wildman–Crippen MR) is 120 cm³/mol. The topological polar surface area (TPSA) is 111 Å². The molecule has 0 spiro atoms. The van der Waals surface area contributed by atoms with Gasteiger partial charge in [-0.3, -0.25) is 4.79 Å². The zero-order chi connectivity index (χ0) is 27.2. The first kappa shape index (κ1) is 26.4. The molecule has 0 atom stereocenters. The zero-order valence-electron chi connectivity index (χ0n) is 19.4. The van der Waals surface area contributed by atoms with Gasteiger partial charge in [-0.05, 0) is 56.0 Å². The minimum atomic E-state index is -4.97. The van der Waals surface area contributed by atoms with Crippen LogP contribution in [-0.4, -0.2) is 35.8 Å². The van der Waals surface area contributed by atoms with Crippen molar-refractivity contribution >= 4 is 21.4 Å². The third-order valence-electron chi connectivity index (χ3n) is 5.85. The van der Waals surface area contributed by atoms with E-state index in [2.05, 4.69) is 20.5 Å². The van der Waals surface area contributed by atoms with Crippen LogP contribution in [-0.2, 0) is 21.7 Å². The number of pyridine rings is 1. The summed E-state index contributed by atoms with van der Waals surface area (Å²) in [4.78, 5) is 16.4. The molecule has 2 aromatic heterocycles. The Morgan fingerprint density at radius 3 is 2.41 bits per heavy atom. The number of nitrogens with zero attached hydrogens (tertiary/aromatic N) is 3. The third kappa shape index (κ3) is 5.38. The van der Waals surface area contributed by atoms with Gasteiger partial charge in [0, 0.05) is 23.6 Å². The summed E-state index contributed by atoms with van der Waals surface area (Å²) in [5.41, 5.74) is -4.97. The van der Waals surface area contributed by atoms with Crippen molar-refractivity contribution in [3.8, 4) is 11.8 Å². The predicted octanol–water partition coefficient (Wildman–Crippen LogP) is 5.13. The minimum absolute atomic E-state index is 0.0362. The van der Waals surface area contributed by atoms with Crippen molar-refractivity contribution in [2.45, 2.75) is 42.9 Å². The highest BCUT2D eigenvalue weighted by Gasteiger charge is 2.42. The number of rotatable bonds is 6. The summed E-state index contributed by atoms with van der Waals surface area (Å²) in [6.07, 6.45) is -3.19. The molecule has 14 heteroatoms. The van der Waals surface area contributed by atoms with Gasteiger partial charge in [-0.2, -0.15) is 22.5 Å². The van der Waals surface area contributed by atoms with Crippen LogP contribution in [0, 0.1) is 12.9 Å². The van der Waals surface area contributed by atoms with E-state index in [0.29, 0.717) is 6.42 Å². The molecule has 4 rings (SSSR count). The van der Waals surface area contributed by atoms with Crippen molar-refractivity contribution in [3.63, 3.8) is 0 Å². The average molecular weight is 542 g/mol. The van der Waals surface area contributed by atoms with Gasteiger partial charge in [-0.25, -0.2) is 12.8 Å². The summed E-state index contributed by atoms with van der Waals surface area (Å²) in [6.45, 7) is 0.965. The monoisotopic (exact) mass is 542 g/mol. The Bertz CT molecular complexity index is 1490. The number of benzene rings is 1. The van der Waals surface area contributed by atoms with Crippen LogP contribution in [0.4, 0.5) is 27.6 Å². The molecule has 8 nitrogen and oxygen atoms in total. The molecular weight excluding hydrogens is 523 g/mol. The number of carbonyl (C=O) groups is 1. The maximum absolute atomic E-state index is 14.6. The summed E-state index contributed by atoms with van der Waals surface area (Å²) < 4.78 is 98.5. The van der Waals surface area contributed by atoms with Crippen LogP contribution in [0.25, 0.3) is 0 Å². The lowest BCUT2D eigenvalue weighted by atomic mass is 9.77. The fourth-order valence-electron chi connectivity index (χ4n) is 3.77. The number of ether oxygens (including phenoxy) is 1. The molecule has 1 aliphatic carbocycles. The maximum atomic E-state index is 14.6. The van der Waals surface area contributed by atoms with Gasteiger partial charge >= 0.3 is 6.18 Å². The number of anilines is 1. The number of sulfone groups is 1. The largest absolute Gasteiger partial charge is 0.435 e. The van der Waals surface area contributed by atoms with E-state index >= 15 is 0 Å². The number of carbonyl (C=O) groups excluding carboxylic acids is 1. The van der Waals surface area contributed by atoms with Crippen molar-refractivity contribution in [1.29, 1.82) is 0 Å². The van der Waals surface area contributed by atoms with Gasteiger partial charge in [0.1, 0.15) is 11.2 Å². The van der Waals surface area contributed by atoms with Gasteiger partial charge in [0.2, 0.25) is 11.8 Å². The number of aromatic nitrogens is 3. The summed E-state index contributed by atoms with van der Waals surface area (Å²) in [5.74, 6) is -3.51. The first-order chi connectivity index (χ1) is 17.2. The quantitative estimate of drug-likeness (QED) is 0.339. The van der Waals surface area contributed by atoms with E-state index < -0.39 is 62.1 Å². The lowest BCUT2D eigenvalue weighted by Crippen LogP contribution is -2.30. The van der Waals surface area contributed by atoms with E-state index in [0.717, 1.165) is 31.4 Å². The Kier molecular flexibility index (Phi) is 6.65. The van der Waals surface area contributed by atoms with E-state index in [1.807, 2.05) is 0 Å². The molecule has 0 saturated heterocycles. The van der Waals surface area contributed by atoms with Crippen molar-refractivity contribution in [2.75, 3.05) is 11.6 Å². The number of halogens is 5. The molecule has 196 valence electrons. The first-order valence-corrected chi connectivity index (χ1v) is 12.7. The number of alkyl halides is 4. The van der Waals surface area contributed by atoms with Crippen LogP contribution in [0.1, 0.15) is 46.4 Å². The van der Waals surface area contributed by atoms with Crippen LogP contribution < -0.4 is 10.1 Å². The minimum Gasteiger partial charge on any atom is -0.418 e. The Morgan fingerprint density at radius 2 is 1.84 bits per heavy atom. The average Bonchev–Trinajstić information content (AvgIpc) is 2.76. The van der Waals surface area contributed by atoms with Crippen LogP contribution in [0.2, 0.25) is 0 Å². The van der Waals surface area contributed by atoms with Gasteiger partial charge in [0.15, 0.2) is 15.5 Å². The van der Waals surface area contributed by atoms with Gasteiger partial charge in [0.25, 0.3) is 11.8 Å². The first-order valence-electron chi connectivity index (χ1n) is 10.8. The number of hydrogen-bond acceptors (Lipinski definition) is 7. The molecule has 2 heterocycles. The summed E-state index contributed by atoms with van der Waals surface area (Å²) >= 11 is 0. The van der Waals surface area contributed by atoms with E-state index in [-0.39, 0.29) is 29.0 Å². The Labute approximate surface area is 207 Å². The fraction of sp³-hybridized carbons (Fsp3) is 0.304. The molecule has 1 aliphatic rings. The molecule has 1 aromatic carbocycles. The third-order valence-corrected chi connectivity index (χ3v) is 6.96. The smallest absolute Gasteiger partial charge is 0.418 e. The van der Waals surface area contributed by atoms with Crippen LogP contribution >= 0.6 is 0 Å². The molecule has 0 radical (unpaired) electrons. The van der Waals surface area contributed by atoms with Crippen LogP contribution in [0.15, 0.2) is 41.3 Å².